The van der Waals surface area contributed by atoms with Crippen molar-refractivity contribution in [2.24, 2.45) is 0 Å². The molecule has 11 heteroatoms. The minimum absolute atomic E-state index is 0.0762. The number of benzene rings is 2. The van der Waals surface area contributed by atoms with Crippen LogP contribution in [0.4, 0.5) is 18.9 Å². The van der Waals surface area contributed by atoms with Crippen LogP contribution in [0.15, 0.2) is 35.2 Å². The van der Waals surface area contributed by atoms with Crippen molar-refractivity contribution in [3.05, 3.63) is 58.4 Å². The van der Waals surface area contributed by atoms with Gasteiger partial charge < -0.3 is 5.32 Å². The van der Waals surface area contributed by atoms with Crippen LogP contribution >= 0.6 is 11.6 Å². The molecule has 0 heterocycles. The molecular formula is C18H15ClF3N3O3S. The van der Waals surface area contributed by atoms with E-state index in [1.165, 1.54) is 12.1 Å². The van der Waals surface area contributed by atoms with Crippen molar-refractivity contribution in [2.45, 2.75) is 18.2 Å². The summed E-state index contributed by atoms with van der Waals surface area (Å²) in [6.07, 6.45) is 0.328. The third kappa shape index (κ3) is 5.06. The normalized spacial score (nSPS) is 11.3. The molecule has 0 aliphatic rings. The Labute approximate surface area is 170 Å². The highest BCUT2D eigenvalue weighted by molar-refractivity contribution is 7.89. The second kappa shape index (κ2) is 9.26. The van der Waals surface area contributed by atoms with Crippen LogP contribution in [0, 0.1) is 28.8 Å². The predicted molar refractivity (Wildman–Crippen MR) is 100 cm³/mol. The summed E-state index contributed by atoms with van der Waals surface area (Å²) < 4.78 is 66.8. The van der Waals surface area contributed by atoms with E-state index in [-0.39, 0.29) is 22.0 Å². The molecule has 6 nitrogen and oxygen atoms in total. The zero-order valence-corrected chi connectivity index (χ0v) is 16.6. The first-order valence-corrected chi connectivity index (χ1v) is 10.1. The van der Waals surface area contributed by atoms with Gasteiger partial charge in [-0.1, -0.05) is 18.5 Å². The summed E-state index contributed by atoms with van der Waals surface area (Å²) in [4.78, 5) is 11.9. The van der Waals surface area contributed by atoms with Crippen LogP contribution in [-0.2, 0) is 14.8 Å². The van der Waals surface area contributed by atoms with Gasteiger partial charge in [-0.3, -0.25) is 4.79 Å². The summed E-state index contributed by atoms with van der Waals surface area (Å²) in [7, 11) is -4.30. The molecule has 1 N–H and O–H groups in total. The summed E-state index contributed by atoms with van der Waals surface area (Å²) in [5.74, 6) is -5.78. The van der Waals surface area contributed by atoms with Gasteiger partial charge in [0.1, 0.15) is 11.0 Å². The van der Waals surface area contributed by atoms with Gasteiger partial charge in [-0.25, -0.2) is 21.6 Å². The fraction of sp³-hybridized carbons (Fsp3) is 0.222. The monoisotopic (exact) mass is 445 g/mol. The molecule has 2 aromatic carbocycles. The zero-order chi connectivity index (χ0) is 21.8. The van der Waals surface area contributed by atoms with Crippen molar-refractivity contribution in [1.29, 1.82) is 5.26 Å². The number of carbonyl (C=O) groups is 1. The molecule has 0 unspecified atom stereocenters. The van der Waals surface area contributed by atoms with Gasteiger partial charge in [0.05, 0.1) is 17.8 Å². The number of anilines is 1. The number of halogens is 4. The Morgan fingerprint density at radius 1 is 1.21 bits per heavy atom. The van der Waals surface area contributed by atoms with Crippen LogP contribution in [0.3, 0.4) is 0 Å². The predicted octanol–water partition coefficient (Wildman–Crippen LogP) is 3.67. The molecule has 2 aromatic rings. The Kier molecular flexibility index (Phi) is 7.24. The van der Waals surface area contributed by atoms with Gasteiger partial charge in [-0.2, -0.15) is 9.57 Å². The Morgan fingerprint density at radius 2 is 1.90 bits per heavy atom. The van der Waals surface area contributed by atoms with Gasteiger partial charge >= 0.3 is 0 Å². The number of nitrogens with one attached hydrogen (secondary N) is 1. The number of hydrogen-bond acceptors (Lipinski definition) is 4. The first kappa shape index (κ1) is 22.7. The van der Waals surface area contributed by atoms with Crippen molar-refractivity contribution in [3.63, 3.8) is 0 Å². The Bertz CT molecular complexity index is 1090. The van der Waals surface area contributed by atoms with Gasteiger partial charge in [-0.05, 0) is 36.8 Å². The zero-order valence-electron chi connectivity index (χ0n) is 15.0. The number of amides is 1. The van der Waals surface area contributed by atoms with Gasteiger partial charge in [0.25, 0.3) is 0 Å². The molecule has 0 atom stereocenters. The maximum absolute atomic E-state index is 13.7. The van der Waals surface area contributed by atoms with Crippen LogP contribution in [0.1, 0.15) is 18.9 Å². The number of sulfonamides is 1. The summed E-state index contributed by atoms with van der Waals surface area (Å²) >= 11 is 5.84. The van der Waals surface area contributed by atoms with E-state index in [1.807, 2.05) is 5.32 Å². The lowest BCUT2D eigenvalue weighted by molar-refractivity contribution is -0.116. The Morgan fingerprint density at radius 3 is 2.52 bits per heavy atom. The largest absolute Gasteiger partial charge is 0.322 e. The summed E-state index contributed by atoms with van der Waals surface area (Å²) in [5, 5.41) is 11.3. The maximum atomic E-state index is 13.7. The molecule has 0 saturated heterocycles. The molecule has 0 aliphatic carbocycles. The van der Waals surface area contributed by atoms with Crippen LogP contribution in [0.5, 0.6) is 0 Å². The van der Waals surface area contributed by atoms with E-state index in [0.717, 1.165) is 16.4 Å². The van der Waals surface area contributed by atoms with Crippen LogP contribution in [0.2, 0.25) is 5.02 Å². The van der Waals surface area contributed by atoms with Crippen LogP contribution < -0.4 is 5.32 Å². The first-order valence-electron chi connectivity index (χ1n) is 8.25. The van der Waals surface area contributed by atoms with Crippen molar-refractivity contribution in [3.8, 4) is 6.07 Å². The highest BCUT2D eigenvalue weighted by Crippen LogP contribution is 2.24. The number of hydrogen-bond donors (Lipinski definition) is 1. The minimum Gasteiger partial charge on any atom is -0.322 e. The van der Waals surface area contributed by atoms with Gasteiger partial charge in [-0.15, -0.1) is 0 Å². The second-order valence-corrected chi connectivity index (χ2v) is 8.20. The summed E-state index contributed by atoms with van der Waals surface area (Å²) in [6, 6.07) is 6.86. The number of nitrogens with zero attached hydrogens (tertiary/aromatic N) is 2. The average Bonchev–Trinajstić information content (AvgIpc) is 2.68. The first-order chi connectivity index (χ1) is 13.6. The minimum atomic E-state index is -4.30. The third-order valence-corrected chi connectivity index (χ3v) is 5.90. The highest BCUT2D eigenvalue weighted by atomic mass is 35.5. The molecular weight excluding hydrogens is 431 g/mol. The molecule has 0 bridgehead atoms. The quantitative estimate of drug-likeness (QED) is 0.658. The second-order valence-electron chi connectivity index (χ2n) is 5.86. The Balaban J connectivity index is 2.33. The standard InChI is InChI=1S/C18H15ClF3N3O3S/c1-2-7-25(29(27,28)15-8-12(19)4-3-11(15)9-23)10-16(26)24-14-6-5-13(20)17(21)18(14)22/h3-6,8H,2,7,10H2,1H3,(H,24,26). The third-order valence-electron chi connectivity index (χ3n) is 3.78. The van der Waals surface area contributed by atoms with E-state index in [4.69, 9.17) is 11.6 Å². The fourth-order valence-electron chi connectivity index (χ4n) is 2.45. The topological polar surface area (TPSA) is 90.3 Å². The molecule has 0 saturated carbocycles. The maximum Gasteiger partial charge on any atom is 0.244 e. The van der Waals surface area contributed by atoms with E-state index in [0.29, 0.717) is 12.5 Å². The van der Waals surface area contributed by atoms with Crippen LogP contribution in [0.25, 0.3) is 0 Å². The molecule has 0 aliphatic heterocycles. The number of rotatable bonds is 7. The molecule has 0 radical (unpaired) electrons. The molecule has 0 fully saturated rings. The summed E-state index contributed by atoms with van der Waals surface area (Å²) in [6.45, 7) is 0.831. The van der Waals surface area contributed by atoms with Crippen LogP contribution in [-0.4, -0.2) is 31.7 Å². The van der Waals surface area contributed by atoms with Crippen molar-refractivity contribution >= 4 is 33.2 Å². The Hall–Kier alpha value is -2.61. The van der Waals surface area contributed by atoms with Gasteiger partial charge in [0.15, 0.2) is 17.5 Å². The van der Waals surface area contributed by atoms with Gasteiger partial charge in [0, 0.05) is 11.6 Å². The summed E-state index contributed by atoms with van der Waals surface area (Å²) in [5.41, 5.74) is -0.800. The SMILES string of the molecule is CCCN(CC(=O)Nc1ccc(F)c(F)c1F)S(=O)(=O)c1cc(Cl)ccc1C#N. The number of carbonyl (C=O) groups excluding carboxylic acids is 1. The average molecular weight is 446 g/mol. The number of nitriles is 1. The molecule has 0 spiro atoms. The lowest BCUT2D eigenvalue weighted by Crippen LogP contribution is -2.39. The van der Waals surface area contributed by atoms with Crippen molar-refractivity contribution in [1.82, 2.24) is 4.31 Å². The van der Waals surface area contributed by atoms with E-state index in [2.05, 4.69) is 0 Å². The van der Waals surface area contributed by atoms with E-state index in [1.54, 1.807) is 13.0 Å². The smallest absolute Gasteiger partial charge is 0.244 e. The van der Waals surface area contributed by atoms with Crippen molar-refractivity contribution < 1.29 is 26.4 Å². The van der Waals surface area contributed by atoms with Crippen molar-refractivity contribution in [2.75, 3.05) is 18.4 Å². The lowest BCUT2D eigenvalue weighted by Gasteiger charge is -2.22. The molecule has 29 heavy (non-hydrogen) atoms. The molecule has 1 amide bonds. The van der Waals surface area contributed by atoms with E-state index in [9.17, 15) is 31.6 Å². The highest BCUT2D eigenvalue weighted by Gasteiger charge is 2.29. The fourth-order valence-corrected chi connectivity index (χ4v) is 4.34. The van der Waals surface area contributed by atoms with E-state index < -0.39 is 45.6 Å². The molecule has 154 valence electrons. The lowest BCUT2D eigenvalue weighted by atomic mass is 10.2. The molecule has 2 rings (SSSR count). The van der Waals surface area contributed by atoms with E-state index >= 15 is 0 Å². The molecule has 0 aromatic heterocycles. The van der Waals surface area contributed by atoms with Gasteiger partial charge in [0.2, 0.25) is 15.9 Å².